The zero-order chi connectivity index (χ0) is 21.6. The number of nitrogens with one attached hydrogen (secondary N) is 1. The first-order chi connectivity index (χ1) is 15.2. The molecule has 0 bridgehead atoms. The third-order valence-corrected chi connectivity index (χ3v) is 6.68. The minimum atomic E-state index is 0.166. The Morgan fingerprint density at radius 2 is 1.68 bits per heavy atom. The van der Waals surface area contributed by atoms with Gasteiger partial charge in [-0.15, -0.1) is 0 Å². The van der Waals surface area contributed by atoms with Crippen molar-refractivity contribution in [3.8, 4) is 11.5 Å². The Balaban J connectivity index is 1.27. The Morgan fingerprint density at radius 1 is 0.968 bits per heavy atom. The number of piperazine rings is 1. The summed E-state index contributed by atoms with van der Waals surface area (Å²) in [6.07, 6.45) is 1.92. The number of methoxy groups -OCH3 is 2. The molecular formula is C25H34N3O3+. The predicted octanol–water partition coefficient (Wildman–Crippen LogP) is 1.85. The molecular weight excluding hydrogens is 390 g/mol. The van der Waals surface area contributed by atoms with Crippen LogP contribution in [-0.2, 0) is 11.3 Å². The van der Waals surface area contributed by atoms with Crippen LogP contribution in [-0.4, -0.2) is 64.3 Å². The number of ether oxygens (including phenoxy) is 2. The second-order valence-corrected chi connectivity index (χ2v) is 8.53. The van der Waals surface area contributed by atoms with E-state index < -0.39 is 0 Å². The smallest absolute Gasteiger partial charge is 0.226 e. The van der Waals surface area contributed by atoms with Crippen molar-refractivity contribution in [1.82, 2.24) is 4.90 Å². The number of likely N-dealkylation sites (tertiary alicyclic amines) is 1. The minimum absolute atomic E-state index is 0.166. The van der Waals surface area contributed by atoms with Crippen molar-refractivity contribution >= 4 is 11.6 Å². The van der Waals surface area contributed by atoms with Gasteiger partial charge in [-0.05, 0) is 30.3 Å². The molecule has 0 radical (unpaired) electrons. The lowest BCUT2D eigenvalue weighted by molar-refractivity contribution is -0.919. The summed E-state index contributed by atoms with van der Waals surface area (Å²) >= 11 is 0. The molecule has 2 fully saturated rings. The lowest BCUT2D eigenvalue weighted by Crippen LogP contribution is -3.11. The molecule has 6 nitrogen and oxygen atoms in total. The van der Waals surface area contributed by atoms with E-state index in [0.717, 1.165) is 70.2 Å². The van der Waals surface area contributed by atoms with E-state index in [9.17, 15) is 4.79 Å². The van der Waals surface area contributed by atoms with Gasteiger partial charge in [-0.2, -0.15) is 0 Å². The summed E-state index contributed by atoms with van der Waals surface area (Å²) in [5, 5.41) is 0. The fraction of sp³-hybridized carbons (Fsp3) is 0.480. The maximum absolute atomic E-state index is 13.1. The molecule has 0 unspecified atom stereocenters. The number of anilines is 1. The van der Waals surface area contributed by atoms with Gasteiger partial charge in [0, 0.05) is 50.6 Å². The number of quaternary nitrogens is 1. The van der Waals surface area contributed by atoms with Crippen molar-refractivity contribution < 1.29 is 19.2 Å². The van der Waals surface area contributed by atoms with Crippen LogP contribution in [0.2, 0.25) is 0 Å². The number of piperidine rings is 1. The molecule has 166 valence electrons. The normalized spacial score (nSPS) is 21.6. The lowest BCUT2D eigenvalue weighted by Gasteiger charge is -2.38. The van der Waals surface area contributed by atoms with E-state index in [1.807, 2.05) is 18.2 Å². The maximum Gasteiger partial charge on any atom is 0.226 e. The molecule has 0 aromatic heterocycles. The minimum Gasteiger partial charge on any atom is -0.497 e. The predicted molar refractivity (Wildman–Crippen MR) is 122 cm³/mol. The van der Waals surface area contributed by atoms with E-state index in [2.05, 4.69) is 40.1 Å². The molecule has 2 heterocycles. The van der Waals surface area contributed by atoms with E-state index in [-0.39, 0.29) is 5.92 Å². The highest BCUT2D eigenvalue weighted by molar-refractivity contribution is 5.79. The summed E-state index contributed by atoms with van der Waals surface area (Å²) < 4.78 is 10.9. The molecule has 0 atom stereocenters. The van der Waals surface area contributed by atoms with Crippen molar-refractivity contribution in [2.75, 3.05) is 58.4 Å². The monoisotopic (exact) mass is 424 g/mol. The summed E-state index contributed by atoms with van der Waals surface area (Å²) in [5.74, 6) is 2.28. The van der Waals surface area contributed by atoms with E-state index in [4.69, 9.17) is 9.47 Å². The quantitative estimate of drug-likeness (QED) is 0.769. The van der Waals surface area contributed by atoms with Gasteiger partial charge >= 0.3 is 0 Å². The summed E-state index contributed by atoms with van der Waals surface area (Å²) in [6.45, 7) is 6.40. The number of rotatable bonds is 6. The molecule has 2 aromatic carbocycles. The number of nitrogens with zero attached hydrogens (tertiary/aromatic N) is 2. The average molecular weight is 425 g/mol. The van der Waals surface area contributed by atoms with E-state index in [1.165, 1.54) is 16.2 Å². The first-order valence-corrected chi connectivity index (χ1v) is 11.3. The topological polar surface area (TPSA) is 46.5 Å². The summed E-state index contributed by atoms with van der Waals surface area (Å²) in [7, 11) is 3.40. The second-order valence-electron chi connectivity index (χ2n) is 8.53. The molecule has 2 aliphatic heterocycles. The number of carbonyl (C=O) groups excluding carboxylic acids is 1. The van der Waals surface area contributed by atoms with Crippen molar-refractivity contribution in [3.05, 3.63) is 54.1 Å². The average Bonchev–Trinajstić information content (AvgIpc) is 2.84. The van der Waals surface area contributed by atoms with Crippen LogP contribution in [0.4, 0.5) is 5.69 Å². The molecule has 1 N–H and O–H groups in total. The zero-order valence-corrected chi connectivity index (χ0v) is 18.7. The van der Waals surface area contributed by atoms with E-state index in [0.29, 0.717) is 5.91 Å². The number of benzene rings is 2. The number of para-hydroxylation sites is 1. The zero-order valence-electron chi connectivity index (χ0n) is 18.7. The van der Waals surface area contributed by atoms with Gasteiger partial charge in [-0.25, -0.2) is 0 Å². The highest BCUT2D eigenvalue weighted by Gasteiger charge is 2.32. The fourth-order valence-corrected chi connectivity index (χ4v) is 4.82. The standard InChI is InChI=1S/C25H33N3O3/c1-30-23-8-9-24(31-2)21(18-23)19-26-12-10-20(11-13-26)25(29)28-16-14-27(15-17-28)22-6-4-3-5-7-22/h3-9,18,20H,10-17,19H2,1-2H3/p+1. The molecule has 0 aliphatic carbocycles. The molecule has 4 rings (SSSR count). The molecule has 1 amide bonds. The number of carbonyl (C=O) groups is 1. The Morgan fingerprint density at radius 3 is 2.32 bits per heavy atom. The fourth-order valence-electron chi connectivity index (χ4n) is 4.82. The van der Waals surface area contributed by atoms with Crippen LogP contribution in [0.25, 0.3) is 0 Å². The third kappa shape index (κ3) is 5.13. The number of hydrogen-bond acceptors (Lipinski definition) is 4. The van der Waals surface area contributed by atoms with Crippen LogP contribution < -0.4 is 19.3 Å². The third-order valence-electron chi connectivity index (χ3n) is 6.68. The van der Waals surface area contributed by atoms with Crippen LogP contribution in [0.15, 0.2) is 48.5 Å². The Kier molecular flexibility index (Phi) is 6.97. The summed E-state index contributed by atoms with van der Waals surface area (Å²) in [6, 6.07) is 16.4. The molecule has 0 spiro atoms. The van der Waals surface area contributed by atoms with Crippen molar-refractivity contribution in [2.24, 2.45) is 5.92 Å². The first kappa shape index (κ1) is 21.5. The van der Waals surface area contributed by atoms with Gasteiger partial charge in [0.25, 0.3) is 0 Å². The van der Waals surface area contributed by atoms with Crippen molar-refractivity contribution in [1.29, 1.82) is 0 Å². The SMILES string of the molecule is COc1ccc(OC)c(C[NH+]2CCC(C(=O)N3CCN(c4ccccc4)CC3)CC2)c1. The summed E-state index contributed by atoms with van der Waals surface area (Å²) in [5.41, 5.74) is 2.41. The van der Waals surface area contributed by atoms with Gasteiger partial charge in [0.2, 0.25) is 5.91 Å². The van der Waals surface area contributed by atoms with Crippen LogP contribution in [0.5, 0.6) is 11.5 Å². The largest absolute Gasteiger partial charge is 0.497 e. The van der Waals surface area contributed by atoms with Crippen molar-refractivity contribution in [2.45, 2.75) is 19.4 Å². The van der Waals surface area contributed by atoms with Crippen LogP contribution in [0.3, 0.4) is 0 Å². The Bertz CT molecular complexity index is 858. The molecule has 31 heavy (non-hydrogen) atoms. The van der Waals surface area contributed by atoms with Gasteiger partial charge in [-0.3, -0.25) is 4.79 Å². The highest BCUT2D eigenvalue weighted by atomic mass is 16.5. The van der Waals surface area contributed by atoms with Gasteiger partial charge < -0.3 is 24.2 Å². The molecule has 2 aromatic rings. The molecule has 0 saturated carbocycles. The number of hydrogen-bond donors (Lipinski definition) is 1. The van der Waals surface area contributed by atoms with E-state index >= 15 is 0 Å². The Labute approximate surface area is 185 Å². The Hall–Kier alpha value is -2.73. The number of amides is 1. The van der Waals surface area contributed by atoms with Gasteiger partial charge in [0.05, 0.1) is 32.9 Å². The van der Waals surface area contributed by atoms with E-state index in [1.54, 1.807) is 14.2 Å². The molecule has 2 saturated heterocycles. The van der Waals surface area contributed by atoms with Crippen LogP contribution in [0.1, 0.15) is 18.4 Å². The lowest BCUT2D eigenvalue weighted by atomic mass is 9.94. The second kappa shape index (κ2) is 10.1. The maximum atomic E-state index is 13.1. The molecule has 6 heteroatoms. The van der Waals surface area contributed by atoms with Gasteiger partial charge in [-0.1, -0.05) is 18.2 Å². The highest BCUT2D eigenvalue weighted by Crippen LogP contribution is 2.24. The first-order valence-electron chi connectivity index (χ1n) is 11.3. The van der Waals surface area contributed by atoms with Crippen LogP contribution >= 0.6 is 0 Å². The summed E-state index contributed by atoms with van der Waals surface area (Å²) in [4.78, 5) is 19.1. The van der Waals surface area contributed by atoms with Gasteiger partial charge in [0.1, 0.15) is 18.0 Å². The van der Waals surface area contributed by atoms with Gasteiger partial charge in [0.15, 0.2) is 0 Å². The van der Waals surface area contributed by atoms with Crippen LogP contribution in [0, 0.1) is 5.92 Å². The van der Waals surface area contributed by atoms with Crippen molar-refractivity contribution in [3.63, 3.8) is 0 Å². The molecule has 2 aliphatic rings.